The molecular weight excluding hydrogens is 362 g/mol. The second-order valence-corrected chi connectivity index (χ2v) is 7.70. The van der Waals surface area contributed by atoms with E-state index in [1.165, 1.54) is 31.0 Å². The van der Waals surface area contributed by atoms with Crippen LogP contribution < -0.4 is 5.32 Å². The average molecular weight is 390 g/mol. The summed E-state index contributed by atoms with van der Waals surface area (Å²) >= 11 is 1.44. The molecule has 1 fully saturated rings. The first-order valence-corrected chi connectivity index (χ1v) is 10.7. The number of ether oxygens (including phenoxy) is 1. The van der Waals surface area contributed by atoms with E-state index in [2.05, 4.69) is 14.9 Å². The van der Waals surface area contributed by atoms with Crippen LogP contribution in [0, 0.1) is 0 Å². The number of esters is 1. The third-order valence-corrected chi connectivity index (χ3v) is 5.82. The molecule has 0 radical (unpaired) electrons. The molecule has 27 heavy (non-hydrogen) atoms. The number of imidazole rings is 1. The van der Waals surface area contributed by atoms with Crippen molar-refractivity contribution in [2.24, 2.45) is 0 Å². The fourth-order valence-corrected chi connectivity index (χ4v) is 4.40. The van der Waals surface area contributed by atoms with Gasteiger partial charge in [-0.1, -0.05) is 31.0 Å². The Balaban J connectivity index is 1.69. The highest BCUT2D eigenvalue weighted by Gasteiger charge is 2.18. The lowest BCUT2D eigenvalue weighted by atomic mass is 9.95. The highest BCUT2D eigenvalue weighted by Crippen LogP contribution is 2.25. The summed E-state index contributed by atoms with van der Waals surface area (Å²) in [6.45, 7) is 4.93. The molecule has 1 aliphatic rings. The fourth-order valence-electron chi connectivity index (χ4n) is 3.51. The van der Waals surface area contributed by atoms with Crippen molar-refractivity contribution in [2.75, 3.05) is 12.4 Å². The van der Waals surface area contributed by atoms with E-state index in [9.17, 15) is 9.59 Å². The van der Waals surface area contributed by atoms with E-state index in [0.29, 0.717) is 24.0 Å². The van der Waals surface area contributed by atoms with E-state index in [1.807, 2.05) is 13.0 Å². The molecule has 6 nitrogen and oxygen atoms in total. The molecule has 1 heterocycles. The minimum Gasteiger partial charge on any atom is -0.462 e. The summed E-state index contributed by atoms with van der Waals surface area (Å²) in [5.74, 6) is 0.0743. The van der Waals surface area contributed by atoms with Crippen LogP contribution in [-0.2, 0) is 16.1 Å². The second-order valence-electron chi connectivity index (χ2n) is 6.75. The first kappa shape index (κ1) is 19.7. The molecule has 1 saturated carbocycles. The molecule has 0 atom stereocenters. The van der Waals surface area contributed by atoms with Gasteiger partial charge in [-0.15, -0.1) is 0 Å². The summed E-state index contributed by atoms with van der Waals surface area (Å²) < 4.78 is 7.13. The van der Waals surface area contributed by atoms with Crippen LogP contribution in [0.1, 0.15) is 56.3 Å². The summed E-state index contributed by atoms with van der Waals surface area (Å²) in [4.78, 5) is 28.9. The van der Waals surface area contributed by atoms with Gasteiger partial charge in [-0.2, -0.15) is 0 Å². The molecule has 2 aromatic rings. The van der Waals surface area contributed by atoms with Gasteiger partial charge in [-0.05, 0) is 44.9 Å². The molecule has 1 aliphatic carbocycles. The number of thioether (sulfide) groups is 1. The van der Waals surface area contributed by atoms with Gasteiger partial charge in [0, 0.05) is 12.6 Å². The van der Waals surface area contributed by atoms with Gasteiger partial charge in [-0.3, -0.25) is 4.79 Å². The third kappa shape index (κ3) is 4.83. The molecule has 3 rings (SSSR count). The van der Waals surface area contributed by atoms with E-state index in [1.54, 1.807) is 19.1 Å². The van der Waals surface area contributed by atoms with Gasteiger partial charge in [0.05, 0.1) is 29.0 Å². The summed E-state index contributed by atoms with van der Waals surface area (Å²) in [6.07, 6.45) is 5.84. The van der Waals surface area contributed by atoms with E-state index in [0.717, 1.165) is 35.6 Å². The van der Waals surface area contributed by atoms with Crippen molar-refractivity contribution in [1.29, 1.82) is 0 Å². The van der Waals surface area contributed by atoms with Crippen LogP contribution in [0.5, 0.6) is 0 Å². The van der Waals surface area contributed by atoms with E-state index in [4.69, 9.17) is 4.74 Å². The molecule has 1 aromatic carbocycles. The van der Waals surface area contributed by atoms with Crippen LogP contribution in [0.4, 0.5) is 0 Å². The van der Waals surface area contributed by atoms with Crippen LogP contribution >= 0.6 is 11.8 Å². The van der Waals surface area contributed by atoms with Crippen molar-refractivity contribution >= 4 is 34.7 Å². The summed E-state index contributed by atoms with van der Waals surface area (Å²) in [5.41, 5.74) is 2.20. The predicted molar refractivity (Wildman–Crippen MR) is 107 cm³/mol. The van der Waals surface area contributed by atoms with E-state index >= 15 is 0 Å². The summed E-state index contributed by atoms with van der Waals surface area (Å²) in [6, 6.07) is 5.73. The minimum absolute atomic E-state index is 0.0637. The topological polar surface area (TPSA) is 73.2 Å². The Kier molecular flexibility index (Phi) is 6.77. The number of nitrogens with one attached hydrogen (secondary N) is 1. The number of hydrogen-bond donors (Lipinski definition) is 1. The normalized spacial score (nSPS) is 15.0. The largest absolute Gasteiger partial charge is 0.462 e. The van der Waals surface area contributed by atoms with Gasteiger partial charge in [0.1, 0.15) is 0 Å². The second kappa shape index (κ2) is 9.26. The lowest BCUT2D eigenvalue weighted by molar-refractivity contribution is -0.119. The number of aromatic nitrogens is 2. The number of nitrogens with zero attached hydrogens (tertiary/aromatic N) is 2. The zero-order chi connectivity index (χ0) is 19.2. The minimum atomic E-state index is -0.341. The van der Waals surface area contributed by atoms with Crippen LogP contribution in [0.15, 0.2) is 23.4 Å². The average Bonchev–Trinajstić information content (AvgIpc) is 3.04. The Morgan fingerprint density at radius 1 is 1.26 bits per heavy atom. The Morgan fingerprint density at radius 2 is 2.04 bits per heavy atom. The van der Waals surface area contributed by atoms with Crippen LogP contribution in [-0.4, -0.2) is 39.8 Å². The third-order valence-electron chi connectivity index (χ3n) is 4.84. The molecular formula is C20H27N3O3S. The maximum absolute atomic E-state index is 12.3. The first-order valence-electron chi connectivity index (χ1n) is 9.72. The van der Waals surface area contributed by atoms with Crippen molar-refractivity contribution < 1.29 is 14.3 Å². The highest BCUT2D eigenvalue weighted by molar-refractivity contribution is 7.99. The van der Waals surface area contributed by atoms with Crippen molar-refractivity contribution in [3.8, 4) is 0 Å². The molecule has 0 unspecified atom stereocenters. The Hall–Kier alpha value is -2.02. The molecule has 1 aromatic heterocycles. The van der Waals surface area contributed by atoms with Crippen molar-refractivity contribution in [3.05, 3.63) is 23.8 Å². The zero-order valence-corrected chi connectivity index (χ0v) is 16.8. The van der Waals surface area contributed by atoms with Gasteiger partial charge >= 0.3 is 5.97 Å². The Labute approximate surface area is 164 Å². The van der Waals surface area contributed by atoms with Crippen molar-refractivity contribution in [3.63, 3.8) is 0 Å². The van der Waals surface area contributed by atoms with Crippen LogP contribution in [0.2, 0.25) is 0 Å². The predicted octanol–water partition coefficient (Wildman–Crippen LogP) is 3.77. The standard InChI is InChI=1S/C20H27N3O3S/c1-3-23-17-11-10-14(19(25)26-4-2)12-16(17)22-20(23)27-13-18(24)21-15-8-6-5-7-9-15/h10-12,15H,3-9,13H2,1-2H3,(H,21,24). The number of benzene rings is 1. The maximum atomic E-state index is 12.3. The molecule has 146 valence electrons. The molecule has 1 amide bonds. The van der Waals surface area contributed by atoms with Crippen molar-refractivity contribution in [1.82, 2.24) is 14.9 Å². The van der Waals surface area contributed by atoms with E-state index < -0.39 is 0 Å². The number of hydrogen-bond acceptors (Lipinski definition) is 5. The van der Waals surface area contributed by atoms with Gasteiger partial charge in [-0.25, -0.2) is 9.78 Å². The van der Waals surface area contributed by atoms with Gasteiger partial charge in [0.25, 0.3) is 0 Å². The highest BCUT2D eigenvalue weighted by atomic mass is 32.2. The molecule has 0 aliphatic heterocycles. The van der Waals surface area contributed by atoms with Gasteiger partial charge in [0.15, 0.2) is 5.16 Å². The first-order chi connectivity index (χ1) is 13.1. The number of carbonyl (C=O) groups excluding carboxylic acids is 2. The monoisotopic (exact) mass is 389 g/mol. The number of amides is 1. The van der Waals surface area contributed by atoms with Crippen LogP contribution in [0.25, 0.3) is 11.0 Å². The maximum Gasteiger partial charge on any atom is 0.338 e. The quantitative estimate of drug-likeness (QED) is 0.576. The molecule has 0 bridgehead atoms. The van der Waals surface area contributed by atoms with Gasteiger partial charge in [0.2, 0.25) is 5.91 Å². The van der Waals surface area contributed by atoms with Gasteiger partial charge < -0.3 is 14.6 Å². The lowest BCUT2D eigenvalue weighted by Gasteiger charge is -2.22. The number of rotatable bonds is 7. The summed E-state index contributed by atoms with van der Waals surface area (Å²) in [7, 11) is 0. The number of aryl methyl sites for hydroxylation is 1. The molecule has 0 spiro atoms. The lowest BCUT2D eigenvalue weighted by Crippen LogP contribution is -2.37. The summed E-state index contributed by atoms with van der Waals surface area (Å²) in [5, 5.41) is 3.94. The zero-order valence-electron chi connectivity index (χ0n) is 16.0. The van der Waals surface area contributed by atoms with Crippen molar-refractivity contribution in [2.45, 2.75) is 63.7 Å². The molecule has 1 N–H and O–H groups in total. The number of fused-ring (bicyclic) bond motifs is 1. The Morgan fingerprint density at radius 3 is 2.74 bits per heavy atom. The smallest absolute Gasteiger partial charge is 0.338 e. The molecule has 0 saturated heterocycles. The fraction of sp³-hybridized carbons (Fsp3) is 0.550. The Bertz CT molecular complexity index is 812. The number of carbonyl (C=O) groups is 2. The molecule has 7 heteroatoms. The van der Waals surface area contributed by atoms with E-state index in [-0.39, 0.29) is 11.9 Å². The SMILES string of the molecule is CCOC(=O)c1ccc2c(c1)nc(SCC(=O)NC1CCCCC1)n2CC. The van der Waals surface area contributed by atoms with Crippen LogP contribution in [0.3, 0.4) is 0 Å².